The summed E-state index contributed by atoms with van der Waals surface area (Å²) in [5, 5.41) is 11.0. The Balaban J connectivity index is 2.05. The van der Waals surface area contributed by atoms with Crippen LogP contribution in [0.3, 0.4) is 0 Å². The second-order valence-corrected chi connectivity index (χ2v) is 7.60. The van der Waals surface area contributed by atoms with E-state index in [2.05, 4.69) is 22.9 Å². The summed E-state index contributed by atoms with van der Waals surface area (Å²) in [5.41, 5.74) is 2.62. The molecular formula is C23H23BrO4. The average Bonchev–Trinajstić information content (AvgIpc) is 3.08. The van der Waals surface area contributed by atoms with Crippen LogP contribution in [0, 0.1) is 0 Å². The molecule has 0 radical (unpaired) electrons. The maximum atomic E-state index is 13.3. The molecule has 146 valence electrons. The van der Waals surface area contributed by atoms with E-state index in [-0.39, 0.29) is 16.9 Å². The number of unbranched alkanes of at least 4 members (excludes halogenated alkanes) is 1. The van der Waals surface area contributed by atoms with Crippen LogP contribution in [0.1, 0.15) is 63.8 Å². The van der Waals surface area contributed by atoms with Crippen molar-refractivity contribution in [2.24, 2.45) is 0 Å². The van der Waals surface area contributed by atoms with Crippen molar-refractivity contribution >= 4 is 38.7 Å². The lowest BCUT2D eigenvalue weighted by Crippen LogP contribution is -2.04. The molecule has 0 aliphatic rings. The van der Waals surface area contributed by atoms with Crippen molar-refractivity contribution in [1.82, 2.24) is 0 Å². The summed E-state index contributed by atoms with van der Waals surface area (Å²) in [6.07, 6.45) is 4.43. The first-order chi connectivity index (χ1) is 13.6. The van der Waals surface area contributed by atoms with Crippen LogP contribution in [0.15, 0.2) is 46.9 Å². The Bertz CT molecular complexity index is 986. The van der Waals surface area contributed by atoms with Crippen molar-refractivity contribution < 1.29 is 19.1 Å². The highest BCUT2D eigenvalue weighted by molar-refractivity contribution is 9.09. The zero-order valence-electron chi connectivity index (χ0n) is 15.8. The van der Waals surface area contributed by atoms with E-state index in [9.17, 15) is 14.7 Å². The van der Waals surface area contributed by atoms with Crippen LogP contribution in [0.5, 0.6) is 0 Å². The molecule has 0 aliphatic heterocycles. The number of carboxylic acids is 1. The molecule has 0 aliphatic carbocycles. The van der Waals surface area contributed by atoms with Crippen LogP contribution in [-0.2, 0) is 12.8 Å². The highest BCUT2D eigenvalue weighted by atomic mass is 79.9. The topological polar surface area (TPSA) is 67.5 Å². The molecular weight excluding hydrogens is 420 g/mol. The van der Waals surface area contributed by atoms with Crippen molar-refractivity contribution in [3.05, 3.63) is 70.5 Å². The molecule has 1 heterocycles. The van der Waals surface area contributed by atoms with Crippen molar-refractivity contribution in [2.45, 2.75) is 39.0 Å². The first-order valence-electron chi connectivity index (χ1n) is 9.54. The van der Waals surface area contributed by atoms with Gasteiger partial charge in [-0.3, -0.25) is 4.79 Å². The van der Waals surface area contributed by atoms with E-state index < -0.39 is 5.97 Å². The van der Waals surface area contributed by atoms with Gasteiger partial charge in [-0.25, -0.2) is 4.79 Å². The predicted molar refractivity (Wildman–Crippen MR) is 114 cm³/mol. The van der Waals surface area contributed by atoms with Gasteiger partial charge in [0, 0.05) is 22.7 Å². The molecule has 5 heteroatoms. The fourth-order valence-electron chi connectivity index (χ4n) is 3.34. The summed E-state index contributed by atoms with van der Waals surface area (Å²) in [6.45, 7) is 2.07. The lowest BCUT2D eigenvalue weighted by atomic mass is 9.96. The van der Waals surface area contributed by atoms with E-state index in [1.54, 1.807) is 12.1 Å². The number of halogens is 1. The number of fused-ring (bicyclic) bond motifs is 1. The first-order valence-corrected chi connectivity index (χ1v) is 10.7. The van der Waals surface area contributed by atoms with E-state index in [0.717, 1.165) is 31.0 Å². The molecule has 0 unspecified atom stereocenters. The highest BCUT2D eigenvalue weighted by Gasteiger charge is 2.24. The monoisotopic (exact) mass is 442 g/mol. The molecule has 0 spiro atoms. The minimum Gasteiger partial charge on any atom is -0.478 e. The number of aromatic carboxylic acids is 1. The number of carbonyl (C=O) groups is 2. The Morgan fingerprint density at radius 2 is 1.79 bits per heavy atom. The third kappa shape index (κ3) is 4.20. The number of aryl methyl sites for hydroxylation is 2. The van der Waals surface area contributed by atoms with E-state index in [1.165, 1.54) is 11.6 Å². The Morgan fingerprint density at radius 3 is 2.43 bits per heavy atom. The second-order valence-electron chi connectivity index (χ2n) is 6.81. The number of hydrogen-bond acceptors (Lipinski definition) is 3. The highest BCUT2D eigenvalue weighted by Crippen LogP contribution is 2.32. The largest absolute Gasteiger partial charge is 0.478 e. The Kier molecular flexibility index (Phi) is 6.68. The minimum absolute atomic E-state index is 0.0828. The number of ketones is 1. The number of rotatable bonds is 9. The van der Waals surface area contributed by atoms with Gasteiger partial charge in [-0.05, 0) is 30.9 Å². The molecule has 0 saturated heterocycles. The number of carbonyl (C=O) groups excluding carboxylic acids is 1. The SMILES string of the molecule is CCCCc1oc2c(C(=O)O)cccc2c1C(=O)c1ccc(CCCBr)cc1. The van der Waals surface area contributed by atoms with Crippen molar-refractivity contribution in [2.75, 3.05) is 5.33 Å². The maximum Gasteiger partial charge on any atom is 0.339 e. The van der Waals surface area contributed by atoms with Gasteiger partial charge in [-0.1, -0.05) is 65.7 Å². The molecule has 1 aromatic heterocycles. The van der Waals surface area contributed by atoms with E-state index in [1.807, 2.05) is 24.3 Å². The quantitative estimate of drug-likeness (QED) is 0.324. The normalized spacial score (nSPS) is 11.1. The molecule has 4 nitrogen and oxygen atoms in total. The number of para-hydroxylation sites is 1. The fraction of sp³-hybridized carbons (Fsp3) is 0.304. The lowest BCUT2D eigenvalue weighted by Gasteiger charge is -2.05. The molecule has 1 N–H and O–H groups in total. The fourth-order valence-corrected chi connectivity index (χ4v) is 3.62. The maximum absolute atomic E-state index is 13.3. The van der Waals surface area contributed by atoms with E-state index in [4.69, 9.17) is 4.42 Å². The van der Waals surface area contributed by atoms with E-state index in [0.29, 0.717) is 28.7 Å². The van der Waals surface area contributed by atoms with Gasteiger partial charge < -0.3 is 9.52 Å². The van der Waals surface area contributed by atoms with Gasteiger partial charge in [0.1, 0.15) is 16.9 Å². The molecule has 2 aromatic carbocycles. The number of hydrogen-bond donors (Lipinski definition) is 1. The zero-order valence-corrected chi connectivity index (χ0v) is 17.4. The van der Waals surface area contributed by atoms with Gasteiger partial charge in [0.25, 0.3) is 0 Å². The van der Waals surface area contributed by atoms with Crippen LogP contribution in [0.2, 0.25) is 0 Å². The van der Waals surface area contributed by atoms with Crippen LogP contribution < -0.4 is 0 Å². The molecule has 0 saturated carbocycles. The molecule has 3 aromatic rings. The van der Waals surface area contributed by atoms with Crippen molar-refractivity contribution in [3.8, 4) is 0 Å². The number of carboxylic acid groups (broad SMARTS) is 1. The van der Waals surface area contributed by atoms with Gasteiger partial charge in [0.15, 0.2) is 5.78 Å². The van der Waals surface area contributed by atoms with Crippen molar-refractivity contribution in [3.63, 3.8) is 0 Å². The molecule has 0 amide bonds. The number of benzene rings is 2. The van der Waals surface area contributed by atoms with Crippen molar-refractivity contribution in [1.29, 1.82) is 0 Å². The van der Waals surface area contributed by atoms with E-state index >= 15 is 0 Å². The van der Waals surface area contributed by atoms with Crippen LogP contribution >= 0.6 is 15.9 Å². The summed E-state index contributed by atoms with van der Waals surface area (Å²) in [5.74, 6) is -0.616. The molecule has 0 bridgehead atoms. The third-order valence-electron chi connectivity index (χ3n) is 4.82. The molecule has 0 fully saturated rings. The molecule has 28 heavy (non-hydrogen) atoms. The lowest BCUT2D eigenvalue weighted by molar-refractivity contribution is 0.0697. The summed E-state index contributed by atoms with van der Waals surface area (Å²) in [7, 11) is 0. The Hall–Kier alpha value is -2.40. The van der Waals surface area contributed by atoms with Gasteiger partial charge in [0.05, 0.1) is 5.56 Å². The summed E-state index contributed by atoms with van der Waals surface area (Å²) in [4.78, 5) is 24.9. The van der Waals surface area contributed by atoms with Crippen LogP contribution in [0.4, 0.5) is 0 Å². The summed E-state index contributed by atoms with van der Waals surface area (Å²) in [6, 6.07) is 12.6. The summed E-state index contributed by atoms with van der Waals surface area (Å²) < 4.78 is 5.91. The van der Waals surface area contributed by atoms with Crippen LogP contribution in [-0.4, -0.2) is 22.2 Å². The van der Waals surface area contributed by atoms with Gasteiger partial charge in [-0.15, -0.1) is 0 Å². The van der Waals surface area contributed by atoms with Gasteiger partial charge in [-0.2, -0.15) is 0 Å². The van der Waals surface area contributed by atoms with Gasteiger partial charge in [0.2, 0.25) is 0 Å². The third-order valence-corrected chi connectivity index (χ3v) is 5.38. The Labute approximate surface area is 172 Å². The molecule has 0 atom stereocenters. The summed E-state index contributed by atoms with van der Waals surface area (Å²) >= 11 is 3.43. The molecule has 3 rings (SSSR count). The minimum atomic E-state index is -1.06. The van der Waals surface area contributed by atoms with Crippen LogP contribution in [0.25, 0.3) is 11.0 Å². The predicted octanol–water partition coefficient (Wildman–Crippen LogP) is 6.03. The first kappa shape index (κ1) is 20.3. The Morgan fingerprint density at radius 1 is 1.04 bits per heavy atom. The average molecular weight is 443 g/mol. The number of furan rings is 1. The smallest absolute Gasteiger partial charge is 0.339 e. The number of alkyl halides is 1. The second kappa shape index (κ2) is 9.20. The standard InChI is InChI=1S/C23H23BrO4/c1-2-3-9-19-20(17-7-4-8-18(23(26)27)22(17)28-19)21(25)16-12-10-15(11-13-16)6-5-14-24/h4,7-8,10-13H,2-3,5-6,9,14H2,1H3,(H,26,27). The zero-order chi connectivity index (χ0) is 20.1. The van der Waals surface area contributed by atoms with Gasteiger partial charge >= 0.3 is 5.97 Å².